The summed E-state index contributed by atoms with van der Waals surface area (Å²) in [6.07, 6.45) is 6.47. The molecule has 7 nitrogen and oxygen atoms in total. The summed E-state index contributed by atoms with van der Waals surface area (Å²) in [4.78, 5) is 16.9. The number of methoxy groups -OCH3 is 1. The molecule has 4 aromatic rings. The lowest BCUT2D eigenvalue weighted by Gasteiger charge is -2.06. The topological polar surface area (TPSA) is 83.2 Å². The van der Waals surface area contributed by atoms with Crippen LogP contribution in [0.5, 0.6) is 11.5 Å². The summed E-state index contributed by atoms with van der Waals surface area (Å²) in [5.41, 5.74) is 2.75. The van der Waals surface area contributed by atoms with Gasteiger partial charge in [-0.25, -0.2) is 9.97 Å². The second kappa shape index (κ2) is 6.56. The number of nitrogens with zero attached hydrogens (tertiary/aromatic N) is 4. The van der Waals surface area contributed by atoms with Crippen LogP contribution in [0.4, 0.5) is 0 Å². The summed E-state index contributed by atoms with van der Waals surface area (Å²) < 4.78 is 16.6. The Morgan fingerprint density at radius 3 is 2.68 bits per heavy atom. The van der Waals surface area contributed by atoms with Crippen LogP contribution >= 0.6 is 0 Å². The lowest BCUT2D eigenvalue weighted by Crippen LogP contribution is -1.98. The minimum Gasteiger partial charge on any atom is -0.495 e. The molecule has 0 aliphatic carbocycles. The number of pyridine rings is 1. The summed E-state index contributed by atoms with van der Waals surface area (Å²) in [5, 5.41) is 0. The molecule has 7 heteroatoms. The van der Waals surface area contributed by atoms with Crippen molar-refractivity contribution in [1.29, 1.82) is 0 Å². The molecule has 0 N–H and O–H groups in total. The van der Waals surface area contributed by atoms with E-state index in [9.17, 15) is 0 Å². The van der Waals surface area contributed by atoms with Crippen molar-refractivity contribution in [2.45, 2.75) is 6.61 Å². The second-order valence-corrected chi connectivity index (χ2v) is 5.22. The summed E-state index contributed by atoms with van der Waals surface area (Å²) in [7, 11) is 1.61. The summed E-state index contributed by atoms with van der Waals surface area (Å²) in [6, 6.07) is 9.18. The first-order valence-corrected chi connectivity index (χ1v) is 7.60. The first kappa shape index (κ1) is 15.1. The lowest BCUT2D eigenvalue weighted by molar-refractivity contribution is 0.301. The van der Waals surface area contributed by atoms with E-state index < -0.39 is 0 Å². The molecule has 0 radical (unpaired) electrons. The highest BCUT2D eigenvalue weighted by atomic mass is 16.5. The Kier molecular flexibility index (Phi) is 3.96. The van der Waals surface area contributed by atoms with Crippen molar-refractivity contribution < 1.29 is 13.9 Å². The SMILES string of the molecule is COc1ccc(COc2ccc3oc(-c4cnccn4)nc3c2)nc1. The molecule has 124 valence electrons. The molecule has 25 heavy (non-hydrogen) atoms. The third kappa shape index (κ3) is 3.25. The van der Waals surface area contributed by atoms with Crippen molar-refractivity contribution in [1.82, 2.24) is 19.9 Å². The first-order chi connectivity index (χ1) is 12.3. The van der Waals surface area contributed by atoms with Crippen LogP contribution < -0.4 is 9.47 Å². The van der Waals surface area contributed by atoms with Gasteiger partial charge in [0.2, 0.25) is 5.89 Å². The van der Waals surface area contributed by atoms with Gasteiger partial charge in [-0.1, -0.05) is 0 Å². The Hall–Kier alpha value is -3.48. The highest BCUT2D eigenvalue weighted by Crippen LogP contribution is 2.26. The molecule has 0 spiro atoms. The molecule has 0 atom stereocenters. The number of oxazole rings is 1. The predicted octanol–water partition coefficient (Wildman–Crippen LogP) is 3.27. The smallest absolute Gasteiger partial charge is 0.247 e. The van der Waals surface area contributed by atoms with Crippen LogP contribution in [-0.4, -0.2) is 27.0 Å². The number of benzene rings is 1. The molecule has 0 bridgehead atoms. The molecular weight excluding hydrogens is 320 g/mol. The van der Waals surface area contributed by atoms with E-state index in [0.29, 0.717) is 40.8 Å². The van der Waals surface area contributed by atoms with E-state index in [4.69, 9.17) is 13.9 Å². The van der Waals surface area contributed by atoms with Crippen LogP contribution in [0.25, 0.3) is 22.7 Å². The van der Waals surface area contributed by atoms with Gasteiger partial charge in [0.25, 0.3) is 0 Å². The Morgan fingerprint density at radius 2 is 1.92 bits per heavy atom. The fraction of sp³-hybridized carbons (Fsp3) is 0.111. The number of aromatic nitrogens is 4. The molecule has 0 aliphatic heterocycles. The summed E-state index contributed by atoms with van der Waals surface area (Å²) in [6.45, 7) is 0.352. The third-order valence-corrected chi connectivity index (χ3v) is 3.56. The van der Waals surface area contributed by atoms with Crippen LogP contribution in [0.2, 0.25) is 0 Å². The van der Waals surface area contributed by atoms with Gasteiger partial charge in [-0.15, -0.1) is 0 Å². The third-order valence-electron chi connectivity index (χ3n) is 3.56. The fourth-order valence-corrected chi connectivity index (χ4v) is 2.29. The summed E-state index contributed by atoms with van der Waals surface area (Å²) in [5.74, 6) is 1.82. The molecule has 1 aromatic carbocycles. The number of ether oxygens (including phenoxy) is 2. The zero-order valence-electron chi connectivity index (χ0n) is 13.4. The van der Waals surface area contributed by atoms with E-state index in [1.807, 2.05) is 30.3 Å². The maximum absolute atomic E-state index is 5.78. The van der Waals surface area contributed by atoms with Crippen molar-refractivity contribution in [3.8, 4) is 23.1 Å². The van der Waals surface area contributed by atoms with Gasteiger partial charge < -0.3 is 13.9 Å². The van der Waals surface area contributed by atoms with Gasteiger partial charge in [-0.3, -0.25) is 9.97 Å². The Bertz CT molecular complexity index is 984. The molecule has 0 unspecified atom stereocenters. The van der Waals surface area contributed by atoms with E-state index in [1.54, 1.807) is 31.9 Å². The molecule has 4 rings (SSSR count). The van der Waals surface area contributed by atoms with Gasteiger partial charge in [-0.2, -0.15) is 0 Å². The molecule has 0 amide bonds. The van der Waals surface area contributed by atoms with E-state index in [2.05, 4.69) is 19.9 Å². The molecule has 0 saturated heterocycles. The summed E-state index contributed by atoms with van der Waals surface area (Å²) >= 11 is 0. The lowest BCUT2D eigenvalue weighted by atomic mass is 10.3. The second-order valence-electron chi connectivity index (χ2n) is 5.22. The Balaban J connectivity index is 1.52. The van der Waals surface area contributed by atoms with Crippen LogP contribution in [0.15, 0.2) is 59.5 Å². The maximum Gasteiger partial charge on any atom is 0.247 e. The number of rotatable bonds is 5. The predicted molar refractivity (Wildman–Crippen MR) is 90.2 cm³/mol. The molecular formula is C18H14N4O3. The van der Waals surface area contributed by atoms with Crippen LogP contribution in [0.3, 0.4) is 0 Å². The van der Waals surface area contributed by atoms with Gasteiger partial charge in [-0.05, 0) is 24.3 Å². The van der Waals surface area contributed by atoms with Gasteiger partial charge in [0.15, 0.2) is 5.58 Å². The average Bonchev–Trinajstić information content (AvgIpc) is 3.11. The Labute approximate surface area is 143 Å². The van der Waals surface area contributed by atoms with Gasteiger partial charge in [0.05, 0.1) is 25.2 Å². The highest BCUT2D eigenvalue weighted by Gasteiger charge is 2.10. The van der Waals surface area contributed by atoms with Crippen molar-refractivity contribution in [3.05, 3.63) is 60.8 Å². The van der Waals surface area contributed by atoms with Crippen molar-refractivity contribution in [2.24, 2.45) is 0 Å². The standard InChI is InChI=1S/C18H14N4O3/c1-23-14-3-2-12(21-9-14)11-24-13-4-5-17-15(8-13)22-18(25-17)16-10-19-6-7-20-16/h2-10H,11H2,1H3. The average molecular weight is 334 g/mol. The number of fused-ring (bicyclic) bond motifs is 1. The fourth-order valence-electron chi connectivity index (χ4n) is 2.29. The molecule has 0 aliphatic rings. The van der Waals surface area contributed by atoms with E-state index >= 15 is 0 Å². The molecule has 0 saturated carbocycles. The van der Waals surface area contributed by atoms with Crippen LogP contribution in [-0.2, 0) is 6.61 Å². The minimum atomic E-state index is 0.352. The van der Waals surface area contributed by atoms with Gasteiger partial charge in [0.1, 0.15) is 29.3 Å². The van der Waals surface area contributed by atoms with Gasteiger partial charge >= 0.3 is 0 Å². The normalized spacial score (nSPS) is 10.8. The van der Waals surface area contributed by atoms with Gasteiger partial charge in [0, 0.05) is 18.5 Å². The monoisotopic (exact) mass is 334 g/mol. The zero-order chi connectivity index (χ0) is 17.1. The quantitative estimate of drug-likeness (QED) is 0.554. The molecule has 3 aromatic heterocycles. The molecule has 3 heterocycles. The van der Waals surface area contributed by atoms with E-state index in [-0.39, 0.29) is 0 Å². The largest absolute Gasteiger partial charge is 0.495 e. The van der Waals surface area contributed by atoms with Crippen LogP contribution in [0.1, 0.15) is 5.69 Å². The minimum absolute atomic E-state index is 0.352. The van der Waals surface area contributed by atoms with Crippen LogP contribution in [0, 0.1) is 0 Å². The van der Waals surface area contributed by atoms with Crippen molar-refractivity contribution in [3.63, 3.8) is 0 Å². The van der Waals surface area contributed by atoms with Crippen molar-refractivity contribution >= 4 is 11.1 Å². The highest BCUT2D eigenvalue weighted by molar-refractivity contribution is 5.77. The maximum atomic E-state index is 5.78. The molecule has 0 fully saturated rings. The zero-order valence-corrected chi connectivity index (χ0v) is 13.4. The van der Waals surface area contributed by atoms with E-state index in [0.717, 1.165) is 5.69 Å². The Morgan fingerprint density at radius 1 is 1.00 bits per heavy atom. The first-order valence-electron chi connectivity index (χ1n) is 7.60. The van der Waals surface area contributed by atoms with E-state index in [1.165, 1.54) is 0 Å². The number of hydrogen-bond donors (Lipinski definition) is 0. The number of hydrogen-bond acceptors (Lipinski definition) is 7. The van der Waals surface area contributed by atoms with Crippen molar-refractivity contribution in [2.75, 3.05) is 7.11 Å².